The fourth-order valence-corrected chi connectivity index (χ4v) is 3.23. The molecule has 1 aliphatic heterocycles. The lowest BCUT2D eigenvalue weighted by Crippen LogP contribution is -2.59. The molecule has 0 saturated carbocycles. The van der Waals surface area contributed by atoms with Crippen LogP contribution < -0.4 is 0 Å². The number of amides is 2. The second-order valence-electron chi connectivity index (χ2n) is 6.42. The molecule has 1 atom stereocenters. The van der Waals surface area contributed by atoms with Crippen molar-refractivity contribution in [3.8, 4) is 0 Å². The third kappa shape index (κ3) is 3.12. The highest BCUT2D eigenvalue weighted by Gasteiger charge is 2.35. The maximum Gasteiger partial charge on any atom is 0.271 e. The molecule has 1 aromatic carbocycles. The lowest BCUT2D eigenvalue weighted by atomic mass is 10.1. The third-order valence-electron chi connectivity index (χ3n) is 4.38. The molecule has 1 saturated heterocycles. The summed E-state index contributed by atoms with van der Waals surface area (Å²) in [7, 11) is 5.39. The molecule has 2 amide bonds. The molecule has 0 radical (unpaired) electrons. The number of aromatic amines is 1. The Morgan fingerprint density at radius 3 is 2.71 bits per heavy atom. The summed E-state index contributed by atoms with van der Waals surface area (Å²) < 4.78 is 0. The molecule has 2 aromatic rings. The standard InChI is InChI=1S/C17H21ClN4O2/c1-20(2)17(24)15-10-21(3)6-7-22(15)16(23)14-9-11-8-12(18)4-5-13(11)19-14/h4-5,8-9,15,19H,6-7,10H2,1-3H3. The van der Waals surface area contributed by atoms with Crippen molar-refractivity contribution in [1.29, 1.82) is 0 Å². The highest BCUT2D eigenvalue weighted by Crippen LogP contribution is 2.22. The first kappa shape index (κ1) is 16.8. The summed E-state index contributed by atoms with van der Waals surface area (Å²) in [5, 5.41) is 1.51. The van der Waals surface area contributed by atoms with Gasteiger partial charge in [0.15, 0.2) is 0 Å². The summed E-state index contributed by atoms with van der Waals surface area (Å²) >= 11 is 6.01. The molecule has 24 heavy (non-hydrogen) atoms. The number of carbonyl (C=O) groups excluding carboxylic acids is 2. The van der Waals surface area contributed by atoms with Gasteiger partial charge in [-0.05, 0) is 31.3 Å². The van der Waals surface area contributed by atoms with E-state index in [1.165, 1.54) is 4.90 Å². The number of H-pyrrole nitrogens is 1. The van der Waals surface area contributed by atoms with Gasteiger partial charge < -0.3 is 19.7 Å². The van der Waals surface area contributed by atoms with Gasteiger partial charge in [-0.1, -0.05) is 11.6 Å². The maximum absolute atomic E-state index is 13.0. The summed E-state index contributed by atoms with van der Waals surface area (Å²) in [6.07, 6.45) is 0. The van der Waals surface area contributed by atoms with Crippen LogP contribution in [0.25, 0.3) is 10.9 Å². The molecule has 0 bridgehead atoms. The van der Waals surface area contributed by atoms with E-state index in [2.05, 4.69) is 9.88 Å². The van der Waals surface area contributed by atoms with E-state index in [4.69, 9.17) is 11.6 Å². The largest absolute Gasteiger partial charge is 0.351 e. The Labute approximate surface area is 146 Å². The molecule has 0 spiro atoms. The molecule has 1 fully saturated rings. The van der Waals surface area contributed by atoms with Gasteiger partial charge in [0, 0.05) is 49.7 Å². The smallest absolute Gasteiger partial charge is 0.271 e. The predicted molar refractivity (Wildman–Crippen MR) is 94.3 cm³/mol. The number of hydrogen-bond acceptors (Lipinski definition) is 3. The molecule has 7 heteroatoms. The van der Waals surface area contributed by atoms with Crippen LogP contribution >= 0.6 is 11.6 Å². The molecule has 2 heterocycles. The van der Waals surface area contributed by atoms with Crippen LogP contribution in [0.1, 0.15) is 10.5 Å². The van der Waals surface area contributed by atoms with E-state index in [1.807, 2.05) is 19.2 Å². The van der Waals surface area contributed by atoms with E-state index in [0.717, 1.165) is 17.4 Å². The fraction of sp³-hybridized carbons (Fsp3) is 0.412. The number of rotatable bonds is 2. The van der Waals surface area contributed by atoms with Crippen molar-refractivity contribution in [2.24, 2.45) is 0 Å². The van der Waals surface area contributed by atoms with Crippen LogP contribution in [0.5, 0.6) is 0 Å². The lowest BCUT2D eigenvalue weighted by Gasteiger charge is -2.39. The summed E-state index contributed by atoms with van der Waals surface area (Å²) in [4.78, 5) is 33.9. The molecule has 0 aliphatic carbocycles. The van der Waals surface area contributed by atoms with Crippen molar-refractivity contribution in [2.45, 2.75) is 6.04 Å². The van der Waals surface area contributed by atoms with E-state index in [9.17, 15) is 9.59 Å². The van der Waals surface area contributed by atoms with Gasteiger partial charge in [-0.25, -0.2) is 0 Å². The topological polar surface area (TPSA) is 59.7 Å². The van der Waals surface area contributed by atoms with Crippen LogP contribution in [-0.4, -0.2) is 78.3 Å². The molecule has 3 rings (SSSR count). The zero-order chi connectivity index (χ0) is 17.4. The van der Waals surface area contributed by atoms with Crippen molar-refractivity contribution >= 4 is 34.3 Å². The van der Waals surface area contributed by atoms with Crippen molar-refractivity contribution < 1.29 is 9.59 Å². The maximum atomic E-state index is 13.0. The number of halogens is 1. The first-order valence-corrected chi connectivity index (χ1v) is 8.23. The van der Waals surface area contributed by atoms with E-state index in [-0.39, 0.29) is 11.8 Å². The Bertz CT molecular complexity index is 786. The second-order valence-corrected chi connectivity index (χ2v) is 6.86. The number of piperazine rings is 1. The fourth-order valence-electron chi connectivity index (χ4n) is 3.05. The van der Waals surface area contributed by atoms with Crippen LogP contribution in [0, 0.1) is 0 Å². The Morgan fingerprint density at radius 1 is 1.25 bits per heavy atom. The van der Waals surface area contributed by atoms with E-state index < -0.39 is 6.04 Å². The number of benzene rings is 1. The van der Waals surface area contributed by atoms with Crippen molar-refractivity contribution in [2.75, 3.05) is 40.8 Å². The van der Waals surface area contributed by atoms with Gasteiger partial charge >= 0.3 is 0 Å². The summed E-state index contributed by atoms with van der Waals surface area (Å²) in [5.74, 6) is -0.218. The first-order chi connectivity index (χ1) is 11.4. The number of carbonyl (C=O) groups is 2. The van der Waals surface area contributed by atoms with Crippen LogP contribution in [0.4, 0.5) is 0 Å². The zero-order valence-corrected chi connectivity index (χ0v) is 14.8. The normalized spacial score (nSPS) is 18.8. The number of fused-ring (bicyclic) bond motifs is 1. The van der Waals surface area contributed by atoms with Gasteiger partial charge in [0.1, 0.15) is 11.7 Å². The number of nitrogens with one attached hydrogen (secondary N) is 1. The van der Waals surface area contributed by atoms with Crippen LogP contribution in [-0.2, 0) is 4.79 Å². The minimum absolute atomic E-state index is 0.0611. The van der Waals surface area contributed by atoms with Crippen LogP contribution in [0.2, 0.25) is 5.02 Å². The third-order valence-corrected chi connectivity index (χ3v) is 4.62. The average Bonchev–Trinajstić information content (AvgIpc) is 2.96. The van der Waals surface area contributed by atoms with Crippen LogP contribution in [0.15, 0.2) is 24.3 Å². The molecule has 1 N–H and O–H groups in total. The van der Waals surface area contributed by atoms with E-state index in [0.29, 0.717) is 23.8 Å². The number of likely N-dealkylation sites (N-methyl/N-ethyl adjacent to an activating group) is 2. The summed E-state index contributed by atoms with van der Waals surface area (Å²) in [5.41, 5.74) is 1.33. The molecular weight excluding hydrogens is 328 g/mol. The van der Waals surface area contributed by atoms with Gasteiger partial charge in [0.05, 0.1) is 0 Å². The summed E-state index contributed by atoms with van der Waals surface area (Å²) in [6.45, 7) is 1.81. The Hall–Kier alpha value is -2.05. The zero-order valence-electron chi connectivity index (χ0n) is 14.0. The second kappa shape index (κ2) is 6.45. The van der Waals surface area contributed by atoms with E-state index >= 15 is 0 Å². The van der Waals surface area contributed by atoms with Gasteiger partial charge in [-0.3, -0.25) is 9.59 Å². The monoisotopic (exact) mass is 348 g/mol. The predicted octanol–water partition coefficient (Wildman–Crippen LogP) is 1.67. The van der Waals surface area contributed by atoms with Gasteiger partial charge in [-0.2, -0.15) is 0 Å². The minimum atomic E-state index is -0.471. The van der Waals surface area contributed by atoms with Crippen molar-refractivity contribution in [3.05, 3.63) is 35.0 Å². The first-order valence-electron chi connectivity index (χ1n) is 7.86. The van der Waals surface area contributed by atoms with Crippen LogP contribution in [0.3, 0.4) is 0 Å². The Kier molecular flexibility index (Phi) is 4.51. The number of hydrogen-bond donors (Lipinski definition) is 1. The van der Waals surface area contributed by atoms with E-state index in [1.54, 1.807) is 31.1 Å². The highest BCUT2D eigenvalue weighted by molar-refractivity contribution is 6.31. The van der Waals surface area contributed by atoms with Gasteiger partial charge in [-0.15, -0.1) is 0 Å². The molecular formula is C17H21ClN4O2. The quantitative estimate of drug-likeness (QED) is 0.898. The highest BCUT2D eigenvalue weighted by atomic mass is 35.5. The van der Waals surface area contributed by atoms with Crippen molar-refractivity contribution in [1.82, 2.24) is 19.7 Å². The minimum Gasteiger partial charge on any atom is -0.351 e. The van der Waals surface area contributed by atoms with Gasteiger partial charge in [0.2, 0.25) is 5.91 Å². The lowest BCUT2D eigenvalue weighted by molar-refractivity contribution is -0.135. The molecule has 128 valence electrons. The number of aromatic nitrogens is 1. The Morgan fingerprint density at radius 2 is 2.00 bits per heavy atom. The Balaban J connectivity index is 1.91. The SMILES string of the molecule is CN1CCN(C(=O)c2cc3cc(Cl)ccc3[nH]2)C(C(=O)N(C)C)C1. The molecule has 1 unspecified atom stereocenters. The van der Waals surface area contributed by atoms with Crippen molar-refractivity contribution in [3.63, 3.8) is 0 Å². The average molecular weight is 349 g/mol. The summed E-state index contributed by atoms with van der Waals surface area (Å²) in [6, 6.07) is 6.76. The van der Waals surface area contributed by atoms with Gasteiger partial charge in [0.25, 0.3) is 5.91 Å². The molecule has 6 nitrogen and oxygen atoms in total. The molecule has 1 aliphatic rings. The molecule has 1 aromatic heterocycles. The number of nitrogens with zero attached hydrogens (tertiary/aromatic N) is 3.